The summed E-state index contributed by atoms with van der Waals surface area (Å²) in [5.41, 5.74) is 2.01. The SMILES string of the molecule is N#CCc1c[nH]c2ccc(C(=O)NCC(=O)O)cc12. The predicted octanol–water partition coefficient (Wildman–Crippen LogP) is 1.05. The Bertz CT molecular complexity index is 682. The van der Waals surface area contributed by atoms with Crippen LogP contribution in [0.5, 0.6) is 0 Å². The summed E-state index contributed by atoms with van der Waals surface area (Å²) in [6.45, 7) is -0.422. The number of amides is 1. The van der Waals surface area contributed by atoms with E-state index in [-0.39, 0.29) is 6.42 Å². The molecular formula is C13H11N3O3. The first-order chi connectivity index (χ1) is 9.11. The van der Waals surface area contributed by atoms with E-state index >= 15 is 0 Å². The first-order valence-electron chi connectivity index (χ1n) is 5.59. The van der Waals surface area contributed by atoms with Crippen molar-refractivity contribution < 1.29 is 14.7 Å². The number of nitrogens with zero attached hydrogens (tertiary/aromatic N) is 1. The number of carboxylic acids is 1. The van der Waals surface area contributed by atoms with E-state index in [4.69, 9.17) is 10.4 Å². The average Bonchev–Trinajstić information content (AvgIpc) is 2.79. The van der Waals surface area contributed by atoms with Crippen molar-refractivity contribution in [3.8, 4) is 6.07 Å². The molecule has 0 bridgehead atoms. The van der Waals surface area contributed by atoms with E-state index in [1.807, 2.05) is 0 Å². The number of hydrogen-bond donors (Lipinski definition) is 3. The minimum Gasteiger partial charge on any atom is -0.480 e. The van der Waals surface area contributed by atoms with E-state index in [0.29, 0.717) is 5.56 Å². The van der Waals surface area contributed by atoms with Gasteiger partial charge in [0.15, 0.2) is 0 Å². The van der Waals surface area contributed by atoms with Gasteiger partial charge in [0, 0.05) is 22.7 Å². The van der Waals surface area contributed by atoms with Crippen LogP contribution in [-0.4, -0.2) is 28.5 Å². The van der Waals surface area contributed by atoms with Crippen molar-refractivity contribution in [2.45, 2.75) is 6.42 Å². The van der Waals surface area contributed by atoms with Crippen LogP contribution in [0, 0.1) is 11.3 Å². The average molecular weight is 257 g/mol. The van der Waals surface area contributed by atoms with E-state index in [0.717, 1.165) is 16.5 Å². The highest BCUT2D eigenvalue weighted by molar-refractivity contribution is 5.99. The summed E-state index contributed by atoms with van der Waals surface area (Å²) in [7, 11) is 0. The van der Waals surface area contributed by atoms with Gasteiger partial charge in [-0.1, -0.05) is 0 Å². The fourth-order valence-corrected chi connectivity index (χ4v) is 1.81. The lowest BCUT2D eigenvalue weighted by molar-refractivity contribution is -0.135. The molecule has 0 fully saturated rings. The second-order valence-electron chi connectivity index (χ2n) is 3.99. The quantitative estimate of drug-likeness (QED) is 0.761. The second-order valence-corrected chi connectivity index (χ2v) is 3.99. The van der Waals surface area contributed by atoms with Crippen LogP contribution in [0.2, 0.25) is 0 Å². The molecule has 0 radical (unpaired) electrons. The van der Waals surface area contributed by atoms with Crippen molar-refractivity contribution in [2.24, 2.45) is 0 Å². The zero-order valence-corrected chi connectivity index (χ0v) is 9.93. The molecule has 2 rings (SSSR count). The van der Waals surface area contributed by atoms with Gasteiger partial charge in [-0.2, -0.15) is 5.26 Å². The number of carboxylic acid groups (broad SMARTS) is 1. The zero-order valence-electron chi connectivity index (χ0n) is 9.93. The van der Waals surface area contributed by atoms with Gasteiger partial charge in [0.2, 0.25) is 0 Å². The van der Waals surface area contributed by atoms with Gasteiger partial charge in [0.05, 0.1) is 12.5 Å². The molecule has 6 nitrogen and oxygen atoms in total. The summed E-state index contributed by atoms with van der Waals surface area (Å²) >= 11 is 0. The molecule has 6 heteroatoms. The topological polar surface area (TPSA) is 106 Å². The van der Waals surface area contributed by atoms with Gasteiger partial charge in [0.1, 0.15) is 6.54 Å². The van der Waals surface area contributed by atoms with Crippen molar-refractivity contribution in [3.63, 3.8) is 0 Å². The lowest BCUT2D eigenvalue weighted by atomic mass is 10.1. The number of H-pyrrole nitrogens is 1. The lowest BCUT2D eigenvalue weighted by Gasteiger charge is -2.03. The maximum Gasteiger partial charge on any atom is 0.322 e. The molecule has 0 saturated carbocycles. The van der Waals surface area contributed by atoms with Crippen molar-refractivity contribution in [1.29, 1.82) is 5.26 Å². The highest BCUT2D eigenvalue weighted by Gasteiger charge is 2.10. The first-order valence-corrected chi connectivity index (χ1v) is 5.59. The number of hydrogen-bond acceptors (Lipinski definition) is 3. The molecule has 0 aliphatic heterocycles. The van der Waals surface area contributed by atoms with Crippen molar-refractivity contribution >= 4 is 22.8 Å². The molecule has 0 aliphatic rings. The lowest BCUT2D eigenvalue weighted by Crippen LogP contribution is -2.29. The number of aromatic amines is 1. The van der Waals surface area contributed by atoms with Gasteiger partial charge >= 0.3 is 5.97 Å². The minimum atomic E-state index is -1.10. The monoisotopic (exact) mass is 257 g/mol. The minimum absolute atomic E-state index is 0.250. The highest BCUT2D eigenvalue weighted by atomic mass is 16.4. The van der Waals surface area contributed by atoms with E-state index in [9.17, 15) is 9.59 Å². The number of carbonyl (C=O) groups excluding carboxylic acids is 1. The number of nitriles is 1. The molecule has 2 aromatic rings. The smallest absolute Gasteiger partial charge is 0.322 e. The first kappa shape index (κ1) is 12.6. The Morgan fingerprint density at radius 1 is 1.42 bits per heavy atom. The molecule has 96 valence electrons. The van der Waals surface area contributed by atoms with Crippen molar-refractivity contribution in [3.05, 3.63) is 35.5 Å². The number of fused-ring (bicyclic) bond motifs is 1. The summed E-state index contributed by atoms with van der Waals surface area (Å²) < 4.78 is 0. The summed E-state index contributed by atoms with van der Waals surface area (Å²) in [5, 5.41) is 20.3. The van der Waals surface area contributed by atoms with Crippen molar-refractivity contribution in [1.82, 2.24) is 10.3 Å². The number of carbonyl (C=O) groups is 2. The van der Waals surface area contributed by atoms with Crippen LogP contribution >= 0.6 is 0 Å². The third kappa shape index (κ3) is 2.72. The molecule has 1 aromatic carbocycles. The molecule has 0 spiro atoms. The number of rotatable bonds is 4. The summed E-state index contributed by atoms with van der Waals surface area (Å²) in [5.74, 6) is -1.55. The number of aromatic nitrogens is 1. The summed E-state index contributed by atoms with van der Waals surface area (Å²) in [6.07, 6.45) is 1.98. The molecule has 3 N–H and O–H groups in total. The molecule has 1 heterocycles. The molecule has 19 heavy (non-hydrogen) atoms. The molecule has 0 saturated heterocycles. The molecular weight excluding hydrogens is 246 g/mol. The Hall–Kier alpha value is -2.81. The molecule has 0 unspecified atom stereocenters. The van der Waals surface area contributed by atoms with E-state index < -0.39 is 18.4 Å². The van der Waals surface area contributed by atoms with Gasteiger partial charge in [-0.15, -0.1) is 0 Å². The maximum absolute atomic E-state index is 11.7. The molecule has 0 aliphatic carbocycles. The van der Waals surface area contributed by atoms with Crippen LogP contribution in [0.3, 0.4) is 0 Å². The fourth-order valence-electron chi connectivity index (χ4n) is 1.81. The Morgan fingerprint density at radius 2 is 2.21 bits per heavy atom. The molecule has 1 aromatic heterocycles. The normalized spacial score (nSPS) is 10.1. The van der Waals surface area contributed by atoms with E-state index in [1.54, 1.807) is 24.4 Å². The predicted molar refractivity (Wildman–Crippen MR) is 67.6 cm³/mol. The van der Waals surface area contributed by atoms with Gasteiger partial charge < -0.3 is 15.4 Å². The summed E-state index contributed by atoms with van der Waals surface area (Å²) in [6, 6.07) is 7.03. The highest BCUT2D eigenvalue weighted by Crippen LogP contribution is 2.20. The number of benzene rings is 1. The van der Waals surface area contributed by atoms with Crippen LogP contribution < -0.4 is 5.32 Å². The Kier molecular flexibility index (Phi) is 3.48. The second kappa shape index (κ2) is 5.23. The summed E-state index contributed by atoms with van der Waals surface area (Å²) in [4.78, 5) is 25.1. The van der Waals surface area contributed by atoms with Gasteiger partial charge in [-0.25, -0.2) is 0 Å². The van der Waals surface area contributed by atoms with Crippen LogP contribution in [0.1, 0.15) is 15.9 Å². The van der Waals surface area contributed by atoms with E-state index in [2.05, 4.69) is 16.4 Å². The molecule has 0 atom stereocenters. The van der Waals surface area contributed by atoms with Crippen molar-refractivity contribution in [2.75, 3.05) is 6.54 Å². The van der Waals surface area contributed by atoms with Crippen LogP contribution in [-0.2, 0) is 11.2 Å². The van der Waals surface area contributed by atoms with E-state index in [1.165, 1.54) is 0 Å². The third-order valence-electron chi connectivity index (χ3n) is 2.70. The van der Waals surface area contributed by atoms with Gasteiger partial charge in [-0.05, 0) is 23.8 Å². The standard InChI is InChI=1S/C13H11N3O3/c14-4-3-9-6-15-11-2-1-8(5-10(9)11)13(19)16-7-12(17)18/h1-2,5-6,15H,3,7H2,(H,16,19)(H,17,18). The number of aliphatic carboxylic acids is 1. The maximum atomic E-state index is 11.7. The Labute approximate surface area is 108 Å². The van der Waals surface area contributed by atoms with Gasteiger partial charge in [-0.3, -0.25) is 9.59 Å². The Morgan fingerprint density at radius 3 is 2.89 bits per heavy atom. The Balaban J connectivity index is 2.29. The zero-order chi connectivity index (χ0) is 13.8. The third-order valence-corrected chi connectivity index (χ3v) is 2.70. The largest absolute Gasteiger partial charge is 0.480 e. The van der Waals surface area contributed by atoms with Crippen LogP contribution in [0.4, 0.5) is 0 Å². The van der Waals surface area contributed by atoms with Crippen LogP contribution in [0.25, 0.3) is 10.9 Å². The number of nitrogens with one attached hydrogen (secondary N) is 2. The van der Waals surface area contributed by atoms with Crippen LogP contribution in [0.15, 0.2) is 24.4 Å². The van der Waals surface area contributed by atoms with Gasteiger partial charge in [0.25, 0.3) is 5.91 Å². The fraction of sp³-hybridized carbons (Fsp3) is 0.154. The molecule has 1 amide bonds.